The van der Waals surface area contributed by atoms with Gasteiger partial charge in [0.2, 0.25) is 10.0 Å². The van der Waals surface area contributed by atoms with Gasteiger partial charge in [-0.1, -0.05) is 37.8 Å². The fraction of sp³-hybridized carbons (Fsp3) is 0.615. The molecule has 20 heavy (non-hydrogen) atoms. The lowest BCUT2D eigenvalue weighted by Gasteiger charge is -2.21. The lowest BCUT2D eigenvalue weighted by Crippen LogP contribution is -2.34. The van der Waals surface area contributed by atoms with Crippen molar-refractivity contribution in [2.24, 2.45) is 0 Å². The van der Waals surface area contributed by atoms with Crippen molar-refractivity contribution >= 4 is 21.6 Å². The molecule has 0 fully saturated rings. The van der Waals surface area contributed by atoms with E-state index in [4.69, 9.17) is 16.7 Å². The topological polar surface area (TPSA) is 70.5 Å². The van der Waals surface area contributed by atoms with Crippen molar-refractivity contribution in [1.82, 2.24) is 9.29 Å². The van der Waals surface area contributed by atoms with Crippen LogP contribution in [0.5, 0.6) is 0 Å². The second kappa shape index (κ2) is 8.56. The Morgan fingerprint density at radius 3 is 2.55 bits per heavy atom. The van der Waals surface area contributed by atoms with Gasteiger partial charge in [-0.05, 0) is 18.6 Å². The number of unbranched alkanes of at least 4 members (excludes halogenated alkanes) is 3. The van der Waals surface area contributed by atoms with Crippen molar-refractivity contribution < 1.29 is 13.5 Å². The normalized spacial score (nSPS) is 12.0. The first kappa shape index (κ1) is 17.4. The van der Waals surface area contributed by atoms with Crippen LogP contribution in [-0.4, -0.2) is 42.5 Å². The fourth-order valence-electron chi connectivity index (χ4n) is 1.84. The third-order valence-corrected chi connectivity index (χ3v) is 5.05. The van der Waals surface area contributed by atoms with Crippen LogP contribution in [0.25, 0.3) is 0 Å². The first-order valence-electron chi connectivity index (χ1n) is 6.75. The van der Waals surface area contributed by atoms with E-state index < -0.39 is 10.0 Å². The Bertz CT molecular complexity index is 491. The van der Waals surface area contributed by atoms with Crippen LogP contribution in [-0.2, 0) is 10.0 Å². The van der Waals surface area contributed by atoms with Gasteiger partial charge in [-0.3, -0.25) is 0 Å². The molecule has 7 heteroatoms. The summed E-state index contributed by atoms with van der Waals surface area (Å²) in [6.07, 6.45) is 5.18. The van der Waals surface area contributed by atoms with Gasteiger partial charge in [0.1, 0.15) is 10.0 Å². The Morgan fingerprint density at radius 2 is 2.00 bits per heavy atom. The summed E-state index contributed by atoms with van der Waals surface area (Å²) in [5, 5.41) is 9.30. The molecule has 0 saturated carbocycles. The van der Waals surface area contributed by atoms with Crippen LogP contribution in [0.1, 0.15) is 32.6 Å². The minimum atomic E-state index is -3.61. The van der Waals surface area contributed by atoms with Gasteiger partial charge >= 0.3 is 0 Å². The van der Waals surface area contributed by atoms with E-state index in [9.17, 15) is 8.42 Å². The number of pyridine rings is 1. The molecule has 1 N–H and O–H groups in total. The summed E-state index contributed by atoms with van der Waals surface area (Å²) in [4.78, 5) is 3.90. The third kappa shape index (κ3) is 5.01. The zero-order valence-electron chi connectivity index (χ0n) is 11.6. The van der Waals surface area contributed by atoms with Crippen molar-refractivity contribution in [1.29, 1.82) is 0 Å². The number of aromatic nitrogens is 1. The Labute approximate surface area is 125 Å². The summed E-state index contributed by atoms with van der Waals surface area (Å²) in [6.45, 7) is 2.40. The summed E-state index contributed by atoms with van der Waals surface area (Å²) in [6, 6.07) is 2.88. The molecule has 0 aliphatic heterocycles. The number of nitrogens with zero attached hydrogens (tertiary/aromatic N) is 2. The highest BCUT2D eigenvalue weighted by Gasteiger charge is 2.23. The van der Waals surface area contributed by atoms with Crippen LogP contribution in [0, 0.1) is 0 Å². The number of hydrogen-bond donors (Lipinski definition) is 1. The summed E-state index contributed by atoms with van der Waals surface area (Å²) < 4.78 is 26.2. The second-order valence-electron chi connectivity index (χ2n) is 4.50. The lowest BCUT2D eigenvalue weighted by molar-refractivity contribution is 0.251. The van der Waals surface area contributed by atoms with Crippen LogP contribution in [0.2, 0.25) is 5.15 Å². The first-order chi connectivity index (χ1) is 9.52. The van der Waals surface area contributed by atoms with Crippen molar-refractivity contribution in [2.45, 2.75) is 37.5 Å². The Kier molecular flexibility index (Phi) is 7.43. The predicted molar refractivity (Wildman–Crippen MR) is 79.2 cm³/mol. The van der Waals surface area contributed by atoms with Crippen molar-refractivity contribution in [2.75, 3.05) is 19.7 Å². The molecule has 1 heterocycles. The first-order valence-corrected chi connectivity index (χ1v) is 8.56. The highest BCUT2D eigenvalue weighted by molar-refractivity contribution is 7.89. The van der Waals surface area contributed by atoms with E-state index in [1.54, 1.807) is 0 Å². The van der Waals surface area contributed by atoms with E-state index in [-0.39, 0.29) is 23.2 Å². The van der Waals surface area contributed by atoms with Gasteiger partial charge in [0, 0.05) is 19.3 Å². The molecule has 0 spiro atoms. The minimum Gasteiger partial charge on any atom is -0.395 e. The van der Waals surface area contributed by atoms with Crippen molar-refractivity contribution in [3.8, 4) is 0 Å². The van der Waals surface area contributed by atoms with Crippen LogP contribution >= 0.6 is 11.6 Å². The molecule has 1 aromatic rings. The van der Waals surface area contributed by atoms with Gasteiger partial charge in [0.15, 0.2) is 0 Å². The van der Waals surface area contributed by atoms with Crippen LogP contribution in [0.4, 0.5) is 0 Å². The standard InChI is InChI=1S/C13H21ClN2O3S/c1-2-3-4-5-8-16(9-10-17)20(18,19)12-6-7-13(14)15-11-12/h6-7,11,17H,2-5,8-10H2,1H3. The molecule has 0 atom stereocenters. The molecule has 0 bridgehead atoms. The number of aliphatic hydroxyl groups excluding tert-OH is 1. The highest BCUT2D eigenvalue weighted by atomic mass is 35.5. The number of hydrogen-bond acceptors (Lipinski definition) is 4. The molecule has 1 rings (SSSR count). The Morgan fingerprint density at radius 1 is 1.25 bits per heavy atom. The molecule has 1 aromatic heterocycles. The molecule has 0 unspecified atom stereocenters. The van der Waals surface area contributed by atoms with E-state index in [1.807, 2.05) is 0 Å². The van der Waals surface area contributed by atoms with Crippen LogP contribution in [0.15, 0.2) is 23.2 Å². The molecular weight excluding hydrogens is 300 g/mol. The largest absolute Gasteiger partial charge is 0.395 e. The summed E-state index contributed by atoms with van der Waals surface area (Å²) >= 11 is 5.66. The molecule has 0 radical (unpaired) electrons. The molecule has 0 aliphatic carbocycles. The SMILES string of the molecule is CCCCCCN(CCO)S(=O)(=O)c1ccc(Cl)nc1. The van der Waals surface area contributed by atoms with E-state index in [0.29, 0.717) is 6.54 Å². The third-order valence-electron chi connectivity index (χ3n) is 2.95. The smallest absolute Gasteiger partial charge is 0.244 e. The number of halogens is 1. The lowest BCUT2D eigenvalue weighted by atomic mass is 10.2. The summed E-state index contributed by atoms with van der Waals surface area (Å²) in [5.74, 6) is 0. The molecule has 0 aromatic carbocycles. The fourth-order valence-corrected chi connectivity index (χ4v) is 3.37. The number of aliphatic hydroxyl groups is 1. The Balaban J connectivity index is 2.80. The maximum atomic E-state index is 12.4. The van der Waals surface area contributed by atoms with E-state index in [2.05, 4.69) is 11.9 Å². The molecule has 0 amide bonds. The maximum Gasteiger partial charge on any atom is 0.244 e. The van der Waals surface area contributed by atoms with E-state index in [1.165, 1.54) is 22.6 Å². The van der Waals surface area contributed by atoms with Gasteiger partial charge in [-0.2, -0.15) is 4.31 Å². The molecule has 5 nitrogen and oxygen atoms in total. The summed E-state index contributed by atoms with van der Waals surface area (Å²) in [7, 11) is -3.61. The van der Waals surface area contributed by atoms with E-state index >= 15 is 0 Å². The number of sulfonamides is 1. The highest BCUT2D eigenvalue weighted by Crippen LogP contribution is 2.17. The maximum absolute atomic E-state index is 12.4. The van der Waals surface area contributed by atoms with Gasteiger partial charge in [0.05, 0.1) is 6.61 Å². The minimum absolute atomic E-state index is 0.0943. The monoisotopic (exact) mass is 320 g/mol. The summed E-state index contributed by atoms with van der Waals surface area (Å²) in [5.41, 5.74) is 0. The van der Waals surface area contributed by atoms with Crippen molar-refractivity contribution in [3.63, 3.8) is 0 Å². The average molecular weight is 321 g/mol. The molecular formula is C13H21ClN2O3S. The second-order valence-corrected chi connectivity index (χ2v) is 6.83. The zero-order valence-corrected chi connectivity index (χ0v) is 13.2. The molecule has 0 saturated heterocycles. The number of rotatable bonds is 9. The van der Waals surface area contributed by atoms with Crippen LogP contribution < -0.4 is 0 Å². The molecule has 0 aliphatic rings. The van der Waals surface area contributed by atoms with Gasteiger partial charge < -0.3 is 5.11 Å². The average Bonchev–Trinajstić information content (AvgIpc) is 2.42. The predicted octanol–water partition coefficient (Wildman–Crippen LogP) is 2.30. The van der Waals surface area contributed by atoms with E-state index in [0.717, 1.165) is 25.7 Å². The Hall–Kier alpha value is -0.690. The van der Waals surface area contributed by atoms with Gasteiger partial charge in [-0.25, -0.2) is 13.4 Å². The zero-order chi connectivity index (χ0) is 15.0. The van der Waals surface area contributed by atoms with Gasteiger partial charge in [-0.15, -0.1) is 0 Å². The van der Waals surface area contributed by atoms with Gasteiger partial charge in [0.25, 0.3) is 0 Å². The molecule has 114 valence electrons. The quantitative estimate of drug-likeness (QED) is 0.560. The van der Waals surface area contributed by atoms with Crippen molar-refractivity contribution in [3.05, 3.63) is 23.5 Å². The van der Waals surface area contributed by atoms with Crippen LogP contribution in [0.3, 0.4) is 0 Å².